The van der Waals surface area contributed by atoms with E-state index in [2.05, 4.69) is 20.5 Å². The van der Waals surface area contributed by atoms with Gasteiger partial charge in [0.2, 0.25) is 23.6 Å². The van der Waals surface area contributed by atoms with Crippen LogP contribution in [0.3, 0.4) is 0 Å². The monoisotopic (exact) mass is 352 g/mol. The van der Waals surface area contributed by atoms with Crippen LogP contribution in [-0.2, 0) is 22.4 Å². The number of nitrogens with zero attached hydrogens (tertiary/aromatic N) is 2. The Kier molecular flexibility index (Phi) is 4.08. The second-order valence-corrected chi connectivity index (χ2v) is 6.43. The van der Waals surface area contributed by atoms with Gasteiger partial charge in [0.15, 0.2) is 0 Å². The van der Waals surface area contributed by atoms with Crippen molar-refractivity contribution in [1.82, 2.24) is 20.5 Å². The summed E-state index contributed by atoms with van der Waals surface area (Å²) in [5.74, 6) is -0.0203. The topological polar surface area (TPSA) is 118 Å². The molecule has 2 amide bonds. The molecule has 1 fully saturated rings. The Bertz CT molecular complexity index is 1040. The second kappa shape index (κ2) is 6.55. The molecule has 8 nitrogen and oxygen atoms in total. The van der Waals surface area contributed by atoms with Gasteiger partial charge in [0.1, 0.15) is 0 Å². The number of amides is 2. The predicted molar refractivity (Wildman–Crippen MR) is 91.3 cm³/mol. The third kappa shape index (κ3) is 3.39. The summed E-state index contributed by atoms with van der Waals surface area (Å²) >= 11 is 0. The van der Waals surface area contributed by atoms with Crippen molar-refractivity contribution in [2.24, 2.45) is 5.92 Å². The summed E-state index contributed by atoms with van der Waals surface area (Å²) in [6, 6.07) is 9.32. The molecule has 0 spiro atoms. The summed E-state index contributed by atoms with van der Waals surface area (Å²) in [4.78, 5) is 37.9. The molecule has 1 aromatic carbocycles. The third-order valence-electron chi connectivity index (χ3n) is 4.37. The van der Waals surface area contributed by atoms with E-state index in [1.54, 1.807) is 0 Å². The minimum Gasteiger partial charge on any atom is -0.425 e. The number of carbonyl (C=O) groups is 2. The van der Waals surface area contributed by atoms with E-state index in [4.69, 9.17) is 4.42 Å². The molecule has 26 heavy (non-hydrogen) atoms. The van der Waals surface area contributed by atoms with Crippen molar-refractivity contribution in [1.29, 1.82) is 0 Å². The molecule has 3 aromatic rings. The van der Waals surface area contributed by atoms with Gasteiger partial charge in [-0.1, -0.05) is 18.2 Å². The van der Waals surface area contributed by atoms with Crippen LogP contribution in [0.15, 0.2) is 39.5 Å². The Hall–Kier alpha value is -3.29. The highest BCUT2D eigenvalue weighted by molar-refractivity contribution is 5.97. The average Bonchev–Trinajstić information content (AvgIpc) is 3.01. The standard InChI is InChI=1S/C18H16N4O4/c23-14-5-10(6-15(24)20-14)7-16-21-22-17(26-16)9-12-8-11-3-1-2-4-13(11)19-18(12)25/h1-4,8,10H,5-7,9H2,(H,19,25)(H,20,23,24). The van der Waals surface area contributed by atoms with Crippen LogP contribution >= 0.6 is 0 Å². The van der Waals surface area contributed by atoms with E-state index in [0.29, 0.717) is 23.8 Å². The lowest BCUT2D eigenvalue weighted by Crippen LogP contribution is -2.39. The molecule has 0 unspecified atom stereocenters. The summed E-state index contributed by atoms with van der Waals surface area (Å²) < 4.78 is 5.61. The number of aromatic nitrogens is 3. The molecule has 0 radical (unpaired) electrons. The fourth-order valence-corrected chi connectivity index (χ4v) is 3.17. The first-order valence-electron chi connectivity index (χ1n) is 8.32. The van der Waals surface area contributed by atoms with E-state index >= 15 is 0 Å². The molecule has 2 N–H and O–H groups in total. The van der Waals surface area contributed by atoms with E-state index in [-0.39, 0.29) is 42.6 Å². The summed E-state index contributed by atoms with van der Waals surface area (Å²) in [5, 5.41) is 11.2. The normalized spacial score (nSPS) is 15.4. The molecule has 0 saturated carbocycles. The molecule has 1 aliphatic heterocycles. The number of benzene rings is 1. The molecule has 4 rings (SSSR count). The van der Waals surface area contributed by atoms with Crippen LogP contribution < -0.4 is 10.9 Å². The van der Waals surface area contributed by atoms with E-state index in [0.717, 1.165) is 10.9 Å². The number of nitrogens with one attached hydrogen (secondary N) is 2. The molecular weight excluding hydrogens is 336 g/mol. The highest BCUT2D eigenvalue weighted by Crippen LogP contribution is 2.19. The van der Waals surface area contributed by atoms with Crippen molar-refractivity contribution >= 4 is 22.7 Å². The van der Waals surface area contributed by atoms with Crippen molar-refractivity contribution in [3.05, 3.63) is 58.0 Å². The number of carbonyl (C=O) groups excluding carboxylic acids is 2. The van der Waals surface area contributed by atoms with Gasteiger partial charge in [-0.2, -0.15) is 0 Å². The van der Waals surface area contributed by atoms with Gasteiger partial charge in [-0.05, 0) is 23.4 Å². The quantitative estimate of drug-likeness (QED) is 0.679. The Morgan fingerprint density at radius 3 is 2.58 bits per heavy atom. The van der Waals surface area contributed by atoms with Gasteiger partial charge < -0.3 is 9.40 Å². The number of hydrogen-bond acceptors (Lipinski definition) is 6. The molecule has 1 saturated heterocycles. The van der Waals surface area contributed by atoms with Crippen LogP contribution in [-0.4, -0.2) is 27.0 Å². The first kappa shape index (κ1) is 16.2. The van der Waals surface area contributed by atoms with Crippen LogP contribution in [0.4, 0.5) is 0 Å². The minimum absolute atomic E-state index is 0.145. The van der Waals surface area contributed by atoms with Gasteiger partial charge in [0.25, 0.3) is 5.56 Å². The van der Waals surface area contributed by atoms with E-state index in [1.165, 1.54) is 0 Å². The number of imide groups is 1. The Morgan fingerprint density at radius 2 is 1.77 bits per heavy atom. The third-order valence-corrected chi connectivity index (χ3v) is 4.37. The van der Waals surface area contributed by atoms with Crippen molar-refractivity contribution in [3.63, 3.8) is 0 Å². The number of aromatic amines is 1. The minimum atomic E-state index is -0.284. The maximum absolute atomic E-state index is 12.2. The number of H-pyrrole nitrogens is 1. The highest BCUT2D eigenvalue weighted by Gasteiger charge is 2.26. The molecule has 0 aliphatic carbocycles. The van der Waals surface area contributed by atoms with Crippen molar-refractivity contribution in [2.45, 2.75) is 25.7 Å². The number of pyridine rings is 1. The summed E-state index contributed by atoms with van der Waals surface area (Å²) in [6.07, 6.45) is 1.10. The molecule has 2 aromatic heterocycles. The summed E-state index contributed by atoms with van der Waals surface area (Å²) in [7, 11) is 0. The molecule has 8 heteroatoms. The smallest absolute Gasteiger partial charge is 0.252 e. The van der Waals surface area contributed by atoms with Crippen molar-refractivity contribution < 1.29 is 14.0 Å². The maximum Gasteiger partial charge on any atom is 0.252 e. The molecule has 1 aliphatic rings. The van der Waals surface area contributed by atoms with Crippen LogP contribution in [0.2, 0.25) is 0 Å². The number of fused-ring (bicyclic) bond motifs is 1. The van der Waals surface area contributed by atoms with Gasteiger partial charge in [0, 0.05) is 30.3 Å². The zero-order valence-corrected chi connectivity index (χ0v) is 13.8. The lowest BCUT2D eigenvalue weighted by molar-refractivity contribution is -0.134. The second-order valence-electron chi connectivity index (χ2n) is 6.43. The Labute approximate surface area is 147 Å². The van der Waals surface area contributed by atoms with Gasteiger partial charge >= 0.3 is 0 Å². The van der Waals surface area contributed by atoms with Crippen LogP contribution in [0.1, 0.15) is 30.2 Å². The highest BCUT2D eigenvalue weighted by atomic mass is 16.4. The van der Waals surface area contributed by atoms with Gasteiger partial charge in [-0.25, -0.2) is 0 Å². The molecule has 3 heterocycles. The average molecular weight is 352 g/mol. The maximum atomic E-state index is 12.2. The van der Waals surface area contributed by atoms with E-state index in [9.17, 15) is 14.4 Å². The first-order chi connectivity index (χ1) is 12.6. The van der Waals surface area contributed by atoms with Crippen LogP contribution in [0.5, 0.6) is 0 Å². The zero-order valence-electron chi connectivity index (χ0n) is 13.8. The number of piperidine rings is 1. The molecule has 132 valence electrons. The molecular formula is C18H16N4O4. The number of rotatable bonds is 4. The van der Waals surface area contributed by atoms with E-state index < -0.39 is 0 Å². The predicted octanol–water partition coefficient (Wildman–Crippen LogP) is 1.10. The largest absolute Gasteiger partial charge is 0.425 e. The van der Waals surface area contributed by atoms with Gasteiger partial charge in [0.05, 0.1) is 6.42 Å². The van der Waals surface area contributed by atoms with Crippen molar-refractivity contribution in [2.75, 3.05) is 0 Å². The summed E-state index contributed by atoms with van der Waals surface area (Å²) in [6.45, 7) is 0. The van der Waals surface area contributed by atoms with Crippen LogP contribution in [0.25, 0.3) is 10.9 Å². The SMILES string of the molecule is O=C1CC(Cc2nnc(Cc3cc4ccccc4[nH]c3=O)o2)CC(=O)N1. The van der Waals surface area contributed by atoms with Crippen molar-refractivity contribution in [3.8, 4) is 0 Å². The Balaban J connectivity index is 1.50. The van der Waals surface area contributed by atoms with E-state index in [1.807, 2.05) is 30.3 Å². The fourth-order valence-electron chi connectivity index (χ4n) is 3.17. The number of para-hydroxylation sites is 1. The first-order valence-corrected chi connectivity index (χ1v) is 8.32. The lowest BCUT2D eigenvalue weighted by atomic mass is 9.94. The van der Waals surface area contributed by atoms with Gasteiger partial charge in [-0.15, -0.1) is 10.2 Å². The lowest BCUT2D eigenvalue weighted by Gasteiger charge is -2.18. The Morgan fingerprint density at radius 1 is 1.04 bits per heavy atom. The summed E-state index contributed by atoms with van der Waals surface area (Å²) in [5.41, 5.74) is 1.11. The van der Waals surface area contributed by atoms with Crippen LogP contribution in [0, 0.1) is 5.92 Å². The molecule has 0 atom stereocenters. The van der Waals surface area contributed by atoms with Gasteiger partial charge in [-0.3, -0.25) is 19.7 Å². The fraction of sp³-hybridized carbons (Fsp3) is 0.278. The number of hydrogen-bond donors (Lipinski definition) is 2. The molecule has 0 bridgehead atoms. The zero-order chi connectivity index (χ0) is 18.1.